The van der Waals surface area contributed by atoms with Crippen LogP contribution in [0.5, 0.6) is 0 Å². The summed E-state index contributed by atoms with van der Waals surface area (Å²) < 4.78 is 1.19. The number of hydrogen-bond acceptors (Lipinski definition) is 3. The number of hydrogen-bond donors (Lipinski definition) is 1. The van der Waals surface area contributed by atoms with Crippen LogP contribution in [0.1, 0.15) is 30.1 Å². The summed E-state index contributed by atoms with van der Waals surface area (Å²) in [7, 11) is 0. The summed E-state index contributed by atoms with van der Waals surface area (Å²) in [4.78, 5) is 22.0. The zero-order valence-corrected chi connectivity index (χ0v) is 7.93. The molecule has 0 unspecified atom stereocenters. The van der Waals surface area contributed by atoms with E-state index in [4.69, 9.17) is 5.11 Å². The van der Waals surface area contributed by atoms with E-state index in [-0.39, 0.29) is 5.56 Å². The van der Waals surface area contributed by atoms with E-state index in [9.17, 15) is 9.59 Å². The van der Waals surface area contributed by atoms with E-state index in [1.54, 1.807) is 0 Å². The number of unbranched alkanes of at least 4 members (excludes halogenated alkanes) is 1. The third-order valence-corrected chi connectivity index (χ3v) is 1.87. The van der Waals surface area contributed by atoms with E-state index in [2.05, 4.69) is 5.10 Å². The molecule has 0 bridgehead atoms. The zero-order valence-electron chi connectivity index (χ0n) is 7.93. The summed E-state index contributed by atoms with van der Waals surface area (Å²) in [5.41, 5.74) is -0.760. The van der Waals surface area contributed by atoms with Crippen LogP contribution in [0.15, 0.2) is 17.1 Å². The Labute approximate surface area is 81.0 Å². The largest absolute Gasteiger partial charge is 0.477 e. The monoisotopic (exact) mass is 196 g/mol. The molecule has 5 heteroatoms. The molecule has 0 aliphatic carbocycles. The average Bonchev–Trinajstić information content (AvgIpc) is 2.16. The Hall–Kier alpha value is -1.65. The molecule has 0 aliphatic rings. The molecule has 1 aromatic heterocycles. The Balaban J connectivity index is 3.02. The first-order valence-electron chi connectivity index (χ1n) is 4.46. The fourth-order valence-corrected chi connectivity index (χ4v) is 1.08. The van der Waals surface area contributed by atoms with E-state index in [0.29, 0.717) is 6.54 Å². The third-order valence-electron chi connectivity index (χ3n) is 1.87. The van der Waals surface area contributed by atoms with Crippen molar-refractivity contribution in [2.24, 2.45) is 0 Å². The van der Waals surface area contributed by atoms with Crippen LogP contribution >= 0.6 is 0 Å². The molecule has 1 aromatic rings. The Bertz CT molecular complexity index is 384. The van der Waals surface area contributed by atoms with Crippen molar-refractivity contribution in [1.29, 1.82) is 0 Å². The van der Waals surface area contributed by atoms with Crippen molar-refractivity contribution in [2.75, 3.05) is 0 Å². The van der Waals surface area contributed by atoms with Gasteiger partial charge in [0.15, 0.2) is 0 Å². The van der Waals surface area contributed by atoms with Crippen molar-refractivity contribution in [1.82, 2.24) is 9.78 Å². The van der Waals surface area contributed by atoms with Crippen LogP contribution < -0.4 is 5.56 Å². The smallest absolute Gasteiger partial charge is 0.341 e. The molecule has 0 saturated heterocycles. The second-order valence-electron chi connectivity index (χ2n) is 2.93. The molecule has 5 nitrogen and oxygen atoms in total. The van der Waals surface area contributed by atoms with Gasteiger partial charge in [0.1, 0.15) is 5.56 Å². The van der Waals surface area contributed by atoms with E-state index in [1.165, 1.54) is 16.9 Å². The molecule has 76 valence electrons. The molecule has 0 saturated carbocycles. The van der Waals surface area contributed by atoms with Gasteiger partial charge in [0.05, 0.1) is 0 Å². The van der Waals surface area contributed by atoms with Crippen LogP contribution in [0.4, 0.5) is 0 Å². The van der Waals surface area contributed by atoms with Crippen molar-refractivity contribution >= 4 is 5.97 Å². The molecule has 0 aromatic carbocycles. The van der Waals surface area contributed by atoms with E-state index >= 15 is 0 Å². The van der Waals surface area contributed by atoms with Gasteiger partial charge < -0.3 is 5.11 Å². The average molecular weight is 196 g/mol. The maximum atomic E-state index is 11.4. The van der Waals surface area contributed by atoms with Crippen LogP contribution in [-0.2, 0) is 6.54 Å². The fourth-order valence-electron chi connectivity index (χ4n) is 1.08. The van der Waals surface area contributed by atoms with Gasteiger partial charge in [-0.2, -0.15) is 5.10 Å². The number of aryl methyl sites for hydroxylation is 1. The van der Waals surface area contributed by atoms with Gasteiger partial charge in [0.2, 0.25) is 0 Å². The van der Waals surface area contributed by atoms with Crippen molar-refractivity contribution in [3.05, 3.63) is 28.2 Å². The normalized spacial score (nSPS) is 10.1. The summed E-state index contributed by atoms with van der Waals surface area (Å²) in [6.45, 7) is 2.46. The summed E-state index contributed by atoms with van der Waals surface area (Å²) in [6, 6.07) is 1.22. The quantitative estimate of drug-likeness (QED) is 0.770. The number of aromatic carboxylic acids is 1. The van der Waals surface area contributed by atoms with Gasteiger partial charge >= 0.3 is 5.97 Å². The van der Waals surface area contributed by atoms with Crippen molar-refractivity contribution < 1.29 is 9.90 Å². The van der Waals surface area contributed by atoms with Gasteiger partial charge in [-0.3, -0.25) is 4.79 Å². The third kappa shape index (κ3) is 2.18. The standard InChI is InChI=1S/C9H12N2O3/c1-2-3-6-11-8(12)7(9(13)14)4-5-10-11/h4-5H,2-3,6H2,1H3,(H,13,14). The summed E-state index contributed by atoms with van der Waals surface area (Å²) in [5, 5.41) is 12.5. The Morgan fingerprint density at radius 2 is 2.36 bits per heavy atom. The highest BCUT2D eigenvalue weighted by molar-refractivity contribution is 5.86. The lowest BCUT2D eigenvalue weighted by atomic mass is 10.3. The SMILES string of the molecule is CCCCn1nccc(C(=O)O)c1=O. The second-order valence-corrected chi connectivity index (χ2v) is 2.93. The Morgan fingerprint density at radius 3 is 2.93 bits per heavy atom. The van der Waals surface area contributed by atoms with Gasteiger partial charge in [-0.05, 0) is 12.5 Å². The van der Waals surface area contributed by atoms with Crippen LogP contribution in [-0.4, -0.2) is 20.9 Å². The molecule has 0 aliphatic heterocycles. The van der Waals surface area contributed by atoms with Gasteiger partial charge in [-0.15, -0.1) is 0 Å². The zero-order chi connectivity index (χ0) is 10.6. The van der Waals surface area contributed by atoms with Gasteiger partial charge in [-0.25, -0.2) is 9.48 Å². The first-order valence-corrected chi connectivity index (χ1v) is 4.46. The second kappa shape index (κ2) is 4.55. The lowest BCUT2D eigenvalue weighted by Gasteiger charge is -2.02. The first-order chi connectivity index (χ1) is 6.66. The molecular formula is C9H12N2O3. The van der Waals surface area contributed by atoms with Gasteiger partial charge in [-0.1, -0.05) is 13.3 Å². The molecule has 1 rings (SSSR count). The van der Waals surface area contributed by atoms with Crippen molar-refractivity contribution in [3.63, 3.8) is 0 Å². The Morgan fingerprint density at radius 1 is 1.64 bits per heavy atom. The molecule has 0 fully saturated rings. The van der Waals surface area contributed by atoms with E-state index < -0.39 is 11.5 Å². The molecule has 0 amide bonds. The summed E-state index contributed by atoms with van der Waals surface area (Å²) >= 11 is 0. The predicted molar refractivity (Wildman–Crippen MR) is 50.4 cm³/mol. The van der Waals surface area contributed by atoms with Gasteiger partial charge in [0, 0.05) is 12.7 Å². The minimum atomic E-state index is -1.21. The topological polar surface area (TPSA) is 72.2 Å². The number of rotatable bonds is 4. The minimum absolute atomic E-state index is 0.226. The highest BCUT2D eigenvalue weighted by Crippen LogP contribution is 1.92. The van der Waals surface area contributed by atoms with Gasteiger partial charge in [0.25, 0.3) is 5.56 Å². The highest BCUT2D eigenvalue weighted by atomic mass is 16.4. The summed E-state index contributed by atoms with van der Waals surface area (Å²) in [6.07, 6.45) is 3.09. The number of nitrogens with zero attached hydrogens (tertiary/aromatic N) is 2. The fraction of sp³-hybridized carbons (Fsp3) is 0.444. The lowest BCUT2D eigenvalue weighted by Crippen LogP contribution is -2.28. The van der Waals surface area contributed by atoms with Crippen molar-refractivity contribution in [2.45, 2.75) is 26.3 Å². The van der Waals surface area contributed by atoms with Crippen LogP contribution in [0.2, 0.25) is 0 Å². The molecule has 1 heterocycles. The number of carbonyl (C=O) groups is 1. The van der Waals surface area contributed by atoms with E-state index in [0.717, 1.165) is 12.8 Å². The maximum absolute atomic E-state index is 11.4. The lowest BCUT2D eigenvalue weighted by molar-refractivity contribution is 0.0693. The molecular weight excluding hydrogens is 184 g/mol. The summed E-state index contributed by atoms with van der Waals surface area (Å²) in [5.74, 6) is -1.21. The number of carboxylic acids is 1. The Kier molecular flexibility index (Phi) is 3.39. The molecule has 0 radical (unpaired) electrons. The maximum Gasteiger partial charge on any atom is 0.341 e. The van der Waals surface area contributed by atoms with Crippen LogP contribution in [0.3, 0.4) is 0 Å². The van der Waals surface area contributed by atoms with Crippen LogP contribution in [0.25, 0.3) is 0 Å². The van der Waals surface area contributed by atoms with E-state index in [1.807, 2.05) is 6.92 Å². The molecule has 0 spiro atoms. The molecule has 0 atom stereocenters. The molecule has 1 N–H and O–H groups in total. The minimum Gasteiger partial charge on any atom is -0.477 e. The molecule has 14 heavy (non-hydrogen) atoms. The van der Waals surface area contributed by atoms with Crippen LogP contribution in [0, 0.1) is 0 Å². The first kappa shape index (κ1) is 10.4. The predicted octanol–water partition coefficient (Wildman–Crippen LogP) is 0.742. The number of carboxylic acid groups (broad SMARTS) is 1. The number of aromatic nitrogens is 2. The van der Waals surface area contributed by atoms with Crippen molar-refractivity contribution in [3.8, 4) is 0 Å². The highest BCUT2D eigenvalue weighted by Gasteiger charge is 2.10.